The molecule has 0 aromatic rings. The number of ether oxygens (including phenoxy) is 1. The molecule has 15 heavy (non-hydrogen) atoms. The number of halogens is 3. The number of aliphatic imine (C=N–C) groups is 1. The van der Waals surface area contributed by atoms with Crippen LogP contribution >= 0.6 is 0 Å². The summed E-state index contributed by atoms with van der Waals surface area (Å²) in [7, 11) is 0. The molecule has 0 amide bonds. The minimum absolute atomic E-state index is 0.296. The minimum Gasteiger partial charge on any atom is -0.363 e. The fourth-order valence-electron chi connectivity index (χ4n) is 1.22. The molecule has 0 saturated heterocycles. The highest BCUT2D eigenvalue weighted by Gasteiger charge is 2.29. The Kier molecular flexibility index (Phi) is 3.90. The van der Waals surface area contributed by atoms with Gasteiger partial charge in [0.25, 0.3) is 0 Å². The first kappa shape index (κ1) is 12.2. The van der Waals surface area contributed by atoms with Crippen LogP contribution in [0.15, 0.2) is 16.8 Å². The Labute approximate surface area is 86.8 Å². The lowest BCUT2D eigenvalue weighted by atomic mass is 10.1. The van der Waals surface area contributed by atoms with Crippen LogP contribution in [0.1, 0.15) is 20.3 Å². The summed E-state index contributed by atoms with van der Waals surface area (Å²) in [6.45, 7) is 2.76. The SMILES string of the molecule is CC(C)C1=CCC(OCC(F)(F)F)C=N1. The molecule has 0 spiro atoms. The average Bonchev–Trinajstić information content (AvgIpc) is 2.14. The highest BCUT2D eigenvalue weighted by atomic mass is 19.4. The first-order valence-corrected chi connectivity index (χ1v) is 4.81. The largest absolute Gasteiger partial charge is 0.411 e. The molecule has 0 aliphatic carbocycles. The smallest absolute Gasteiger partial charge is 0.363 e. The van der Waals surface area contributed by atoms with Crippen LogP contribution in [-0.4, -0.2) is 25.1 Å². The van der Waals surface area contributed by atoms with Gasteiger partial charge in [0.2, 0.25) is 0 Å². The van der Waals surface area contributed by atoms with Gasteiger partial charge in [-0.2, -0.15) is 13.2 Å². The minimum atomic E-state index is -4.27. The molecule has 0 aromatic carbocycles. The quantitative estimate of drug-likeness (QED) is 0.718. The summed E-state index contributed by atoms with van der Waals surface area (Å²) in [6, 6.07) is 0. The Morgan fingerprint density at radius 1 is 1.53 bits per heavy atom. The van der Waals surface area contributed by atoms with Gasteiger partial charge in [0.05, 0.1) is 6.10 Å². The predicted molar refractivity (Wildman–Crippen MR) is 51.8 cm³/mol. The van der Waals surface area contributed by atoms with Crippen LogP contribution < -0.4 is 0 Å². The third kappa shape index (κ3) is 4.46. The van der Waals surface area contributed by atoms with Gasteiger partial charge in [0.15, 0.2) is 0 Å². The molecular weight excluding hydrogens is 207 g/mol. The number of hydrogen-bond acceptors (Lipinski definition) is 2. The van der Waals surface area contributed by atoms with Crippen molar-refractivity contribution in [2.45, 2.75) is 32.5 Å². The molecule has 1 heterocycles. The van der Waals surface area contributed by atoms with E-state index >= 15 is 0 Å². The lowest BCUT2D eigenvalue weighted by Gasteiger charge is -2.18. The second-order valence-corrected chi connectivity index (χ2v) is 3.76. The lowest BCUT2D eigenvalue weighted by Crippen LogP contribution is -2.25. The molecule has 2 nitrogen and oxygen atoms in total. The van der Waals surface area contributed by atoms with Gasteiger partial charge in [0.1, 0.15) is 6.61 Å². The molecular formula is C10H14F3NO. The monoisotopic (exact) mass is 221 g/mol. The second-order valence-electron chi connectivity index (χ2n) is 3.76. The van der Waals surface area contributed by atoms with Crippen molar-refractivity contribution in [3.8, 4) is 0 Å². The summed E-state index contributed by atoms with van der Waals surface area (Å²) in [5.74, 6) is 0.296. The molecule has 1 aliphatic heterocycles. The maximum atomic E-state index is 11.8. The van der Waals surface area contributed by atoms with E-state index in [0.717, 1.165) is 5.70 Å². The Hall–Kier alpha value is -0.840. The van der Waals surface area contributed by atoms with Gasteiger partial charge in [-0.15, -0.1) is 0 Å². The standard InChI is InChI=1S/C10H14F3NO/c1-7(2)9-4-3-8(5-14-9)15-6-10(11,12)13/h4-5,7-8H,3,6H2,1-2H3. The fraction of sp³-hybridized carbons (Fsp3) is 0.700. The van der Waals surface area contributed by atoms with E-state index in [9.17, 15) is 13.2 Å². The van der Waals surface area contributed by atoms with Crippen molar-refractivity contribution in [3.63, 3.8) is 0 Å². The molecule has 0 N–H and O–H groups in total. The van der Waals surface area contributed by atoms with E-state index in [4.69, 9.17) is 0 Å². The van der Waals surface area contributed by atoms with E-state index in [1.165, 1.54) is 6.21 Å². The van der Waals surface area contributed by atoms with Gasteiger partial charge in [-0.25, -0.2) is 0 Å². The number of allylic oxidation sites excluding steroid dienone is 1. The second kappa shape index (κ2) is 4.79. The summed E-state index contributed by atoms with van der Waals surface area (Å²) in [5, 5.41) is 0. The van der Waals surface area contributed by atoms with Crippen LogP contribution in [-0.2, 0) is 4.74 Å². The molecule has 1 rings (SSSR count). The van der Waals surface area contributed by atoms with Gasteiger partial charge in [0, 0.05) is 11.9 Å². The molecule has 0 bridgehead atoms. The first-order chi connectivity index (χ1) is 6.88. The fourth-order valence-corrected chi connectivity index (χ4v) is 1.22. The number of alkyl halides is 3. The zero-order valence-corrected chi connectivity index (χ0v) is 8.71. The molecule has 0 fully saturated rings. The van der Waals surface area contributed by atoms with Gasteiger partial charge < -0.3 is 4.74 Å². The van der Waals surface area contributed by atoms with Crippen molar-refractivity contribution in [1.29, 1.82) is 0 Å². The predicted octanol–water partition coefficient (Wildman–Crippen LogP) is 2.95. The Balaban J connectivity index is 2.37. The third-order valence-corrected chi connectivity index (χ3v) is 2.00. The van der Waals surface area contributed by atoms with Crippen LogP contribution in [0.25, 0.3) is 0 Å². The van der Waals surface area contributed by atoms with Crippen LogP contribution in [0.4, 0.5) is 13.2 Å². The maximum Gasteiger partial charge on any atom is 0.411 e. The highest BCUT2D eigenvalue weighted by molar-refractivity contribution is 5.66. The average molecular weight is 221 g/mol. The van der Waals surface area contributed by atoms with Crippen molar-refractivity contribution in [2.24, 2.45) is 10.9 Å². The van der Waals surface area contributed by atoms with Crippen molar-refractivity contribution in [2.75, 3.05) is 6.61 Å². The normalized spacial score (nSPS) is 22.0. The van der Waals surface area contributed by atoms with Gasteiger partial charge >= 0.3 is 6.18 Å². The molecule has 0 radical (unpaired) electrons. The van der Waals surface area contributed by atoms with E-state index in [-0.39, 0.29) is 0 Å². The van der Waals surface area contributed by atoms with E-state index < -0.39 is 18.9 Å². The number of hydrogen-bond donors (Lipinski definition) is 0. The topological polar surface area (TPSA) is 21.6 Å². The number of rotatable bonds is 3. The summed E-state index contributed by atoms with van der Waals surface area (Å²) >= 11 is 0. The summed E-state index contributed by atoms with van der Waals surface area (Å²) in [5.41, 5.74) is 0.904. The molecule has 1 atom stereocenters. The Bertz CT molecular complexity index is 268. The third-order valence-electron chi connectivity index (χ3n) is 2.00. The zero-order chi connectivity index (χ0) is 11.5. The van der Waals surface area contributed by atoms with Crippen LogP contribution in [0.5, 0.6) is 0 Å². The van der Waals surface area contributed by atoms with Crippen molar-refractivity contribution >= 4 is 6.21 Å². The van der Waals surface area contributed by atoms with E-state index in [2.05, 4.69) is 9.73 Å². The van der Waals surface area contributed by atoms with E-state index in [1.54, 1.807) is 0 Å². The highest BCUT2D eigenvalue weighted by Crippen LogP contribution is 2.20. The summed E-state index contributed by atoms with van der Waals surface area (Å²) in [4.78, 5) is 4.05. The zero-order valence-electron chi connectivity index (χ0n) is 8.71. The van der Waals surface area contributed by atoms with Crippen LogP contribution in [0.2, 0.25) is 0 Å². The van der Waals surface area contributed by atoms with E-state index in [1.807, 2.05) is 19.9 Å². The summed E-state index contributed by atoms with van der Waals surface area (Å²) in [6.07, 6.45) is -1.08. The molecule has 1 aliphatic rings. The molecule has 0 aromatic heterocycles. The van der Waals surface area contributed by atoms with Gasteiger partial charge in [-0.05, 0) is 12.3 Å². The van der Waals surface area contributed by atoms with Gasteiger partial charge in [-0.3, -0.25) is 4.99 Å². The summed E-state index contributed by atoms with van der Waals surface area (Å²) < 4.78 is 40.1. The number of nitrogens with zero attached hydrogens (tertiary/aromatic N) is 1. The Morgan fingerprint density at radius 3 is 2.60 bits per heavy atom. The van der Waals surface area contributed by atoms with Crippen molar-refractivity contribution in [1.82, 2.24) is 0 Å². The molecule has 0 saturated carbocycles. The van der Waals surface area contributed by atoms with Gasteiger partial charge in [-0.1, -0.05) is 19.9 Å². The first-order valence-electron chi connectivity index (χ1n) is 4.81. The molecule has 5 heteroatoms. The van der Waals surface area contributed by atoms with Crippen molar-refractivity contribution in [3.05, 3.63) is 11.8 Å². The van der Waals surface area contributed by atoms with E-state index in [0.29, 0.717) is 12.3 Å². The Morgan fingerprint density at radius 2 is 2.20 bits per heavy atom. The lowest BCUT2D eigenvalue weighted by molar-refractivity contribution is -0.178. The van der Waals surface area contributed by atoms with Crippen LogP contribution in [0, 0.1) is 5.92 Å². The molecule has 86 valence electrons. The molecule has 1 unspecified atom stereocenters. The van der Waals surface area contributed by atoms with Crippen molar-refractivity contribution < 1.29 is 17.9 Å². The maximum absolute atomic E-state index is 11.8. The van der Waals surface area contributed by atoms with Crippen LogP contribution in [0.3, 0.4) is 0 Å².